The fourth-order valence-electron chi connectivity index (χ4n) is 2.26. The molecule has 1 amide bonds. The Labute approximate surface area is 153 Å². The molecule has 136 valence electrons. The van der Waals surface area contributed by atoms with Crippen LogP contribution in [-0.2, 0) is 11.2 Å². The number of amides is 1. The molecular formula is C17H15N7O3. The van der Waals surface area contributed by atoms with Gasteiger partial charge in [0.2, 0.25) is 17.5 Å². The second kappa shape index (κ2) is 8.34. The first-order chi connectivity index (χ1) is 13.1. The molecule has 10 heteroatoms. The van der Waals surface area contributed by atoms with Crippen molar-refractivity contribution in [2.45, 2.75) is 6.42 Å². The van der Waals surface area contributed by atoms with Crippen LogP contribution in [0.4, 0.5) is 23.0 Å². The van der Waals surface area contributed by atoms with E-state index in [1.165, 1.54) is 6.20 Å². The van der Waals surface area contributed by atoms with Crippen molar-refractivity contribution in [3.63, 3.8) is 0 Å². The first-order valence-electron chi connectivity index (χ1n) is 7.88. The molecule has 0 atom stereocenters. The van der Waals surface area contributed by atoms with Crippen LogP contribution in [0.3, 0.4) is 0 Å². The van der Waals surface area contributed by atoms with Gasteiger partial charge in [0, 0.05) is 6.20 Å². The maximum Gasteiger partial charge on any atom is 0.355 e. The van der Waals surface area contributed by atoms with E-state index in [0.717, 1.165) is 11.9 Å². The molecule has 0 spiro atoms. The smallest absolute Gasteiger partial charge is 0.333 e. The average molecular weight is 365 g/mol. The molecule has 2 aromatic heterocycles. The van der Waals surface area contributed by atoms with Crippen LogP contribution in [0.25, 0.3) is 0 Å². The summed E-state index contributed by atoms with van der Waals surface area (Å²) >= 11 is 0. The maximum absolute atomic E-state index is 12.0. The molecule has 3 aromatic rings. The molecule has 3 N–H and O–H groups in total. The molecule has 0 aliphatic carbocycles. The highest BCUT2D eigenvalue weighted by Gasteiger charge is 2.23. The first kappa shape index (κ1) is 17.7. The molecule has 0 bridgehead atoms. The van der Waals surface area contributed by atoms with Gasteiger partial charge < -0.3 is 5.32 Å². The third-order valence-electron chi connectivity index (χ3n) is 3.46. The summed E-state index contributed by atoms with van der Waals surface area (Å²) in [6.45, 7) is 0. The molecule has 0 unspecified atom stereocenters. The van der Waals surface area contributed by atoms with Crippen LogP contribution in [0.5, 0.6) is 0 Å². The van der Waals surface area contributed by atoms with Crippen molar-refractivity contribution < 1.29 is 9.72 Å². The van der Waals surface area contributed by atoms with Crippen molar-refractivity contribution in [2.24, 2.45) is 0 Å². The molecule has 27 heavy (non-hydrogen) atoms. The van der Waals surface area contributed by atoms with E-state index in [-0.39, 0.29) is 24.0 Å². The number of carbonyl (C=O) groups is 1. The van der Waals surface area contributed by atoms with Crippen LogP contribution in [0.15, 0.2) is 61.2 Å². The van der Waals surface area contributed by atoms with Gasteiger partial charge >= 0.3 is 5.69 Å². The lowest BCUT2D eigenvalue weighted by Crippen LogP contribution is -2.31. The monoisotopic (exact) mass is 365 g/mol. The minimum absolute atomic E-state index is 0.0252. The predicted molar refractivity (Wildman–Crippen MR) is 98.1 cm³/mol. The molecule has 0 saturated heterocycles. The summed E-state index contributed by atoms with van der Waals surface area (Å²) in [4.78, 5) is 34.6. The van der Waals surface area contributed by atoms with Crippen molar-refractivity contribution in [1.82, 2.24) is 20.4 Å². The number of rotatable bonds is 7. The summed E-state index contributed by atoms with van der Waals surface area (Å²) in [5, 5.41) is 14.3. The molecule has 0 saturated carbocycles. The van der Waals surface area contributed by atoms with Crippen LogP contribution in [0.2, 0.25) is 0 Å². The second-order valence-electron chi connectivity index (χ2n) is 5.38. The minimum Gasteiger partial charge on any atom is -0.333 e. The molecule has 0 radical (unpaired) electrons. The summed E-state index contributed by atoms with van der Waals surface area (Å²) in [6, 6.07) is 12.5. The molecule has 1 aromatic carbocycles. The number of nitro groups is 1. The Bertz CT molecular complexity index is 936. The van der Waals surface area contributed by atoms with Gasteiger partial charge in [0.15, 0.2) is 0 Å². The van der Waals surface area contributed by atoms with Crippen molar-refractivity contribution >= 4 is 28.9 Å². The van der Waals surface area contributed by atoms with Gasteiger partial charge in [-0.25, -0.2) is 9.97 Å². The largest absolute Gasteiger partial charge is 0.355 e. The van der Waals surface area contributed by atoms with E-state index in [1.807, 2.05) is 30.3 Å². The quantitative estimate of drug-likeness (QED) is 0.428. The highest BCUT2D eigenvalue weighted by molar-refractivity contribution is 5.81. The van der Waals surface area contributed by atoms with Crippen LogP contribution in [0.1, 0.15) is 5.56 Å². The van der Waals surface area contributed by atoms with E-state index < -0.39 is 10.6 Å². The normalized spacial score (nSPS) is 10.1. The van der Waals surface area contributed by atoms with Gasteiger partial charge in [-0.2, -0.15) is 0 Å². The molecule has 0 aliphatic heterocycles. The lowest BCUT2D eigenvalue weighted by Gasteiger charge is -2.10. The van der Waals surface area contributed by atoms with Crippen molar-refractivity contribution in [3.8, 4) is 0 Å². The number of nitrogens with zero attached hydrogens (tertiary/aromatic N) is 4. The van der Waals surface area contributed by atoms with Gasteiger partial charge in [-0.3, -0.25) is 30.7 Å². The highest BCUT2D eigenvalue weighted by atomic mass is 16.6. The number of pyridine rings is 1. The molecular weight excluding hydrogens is 350 g/mol. The van der Waals surface area contributed by atoms with Crippen molar-refractivity contribution in [2.75, 3.05) is 10.7 Å². The van der Waals surface area contributed by atoms with Crippen LogP contribution >= 0.6 is 0 Å². The van der Waals surface area contributed by atoms with Crippen LogP contribution in [-0.4, -0.2) is 25.8 Å². The Morgan fingerprint density at radius 1 is 1.07 bits per heavy atom. The third-order valence-corrected chi connectivity index (χ3v) is 3.46. The molecule has 3 rings (SSSR count). The number of hydrogen-bond donors (Lipinski definition) is 3. The summed E-state index contributed by atoms with van der Waals surface area (Å²) in [5.41, 5.74) is 5.84. The van der Waals surface area contributed by atoms with Gasteiger partial charge in [-0.05, 0) is 17.7 Å². The number of carbonyl (C=O) groups excluding carboxylic acids is 1. The van der Waals surface area contributed by atoms with Gasteiger partial charge in [-0.1, -0.05) is 30.3 Å². The predicted octanol–water partition coefficient (Wildman–Crippen LogP) is 2.21. The topological polar surface area (TPSA) is 135 Å². The van der Waals surface area contributed by atoms with E-state index >= 15 is 0 Å². The number of nitrogens with one attached hydrogen (secondary N) is 3. The summed E-state index contributed by atoms with van der Waals surface area (Å²) in [7, 11) is 0. The molecule has 0 fully saturated rings. The number of aromatic nitrogens is 3. The SMILES string of the molecule is O=C(Cc1ccccc1)NNc1ncnc(Nc2cccnc2)c1[N+](=O)[O-]. The van der Waals surface area contributed by atoms with Gasteiger partial charge in [0.05, 0.1) is 23.2 Å². The summed E-state index contributed by atoms with van der Waals surface area (Å²) in [6.07, 6.45) is 4.35. The maximum atomic E-state index is 12.0. The Morgan fingerprint density at radius 2 is 1.85 bits per heavy atom. The molecule has 10 nitrogen and oxygen atoms in total. The zero-order valence-corrected chi connectivity index (χ0v) is 14.0. The minimum atomic E-state index is -0.635. The first-order valence-corrected chi connectivity index (χ1v) is 7.88. The van der Waals surface area contributed by atoms with Crippen molar-refractivity contribution in [3.05, 3.63) is 76.9 Å². The van der Waals surface area contributed by atoms with Gasteiger partial charge in [0.1, 0.15) is 6.33 Å². The van der Waals surface area contributed by atoms with E-state index in [4.69, 9.17) is 0 Å². The lowest BCUT2D eigenvalue weighted by molar-refractivity contribution is -0.383. The number of hydrazine groups is 1. The van der Waals surface area contributed by atoms with Crippen LogP contribution in [0, 0.1) is 10.1 Å². The van der Waals surface area contributed by atoms with E-state index in [0.29, 0.717) is 5.69 Å². The van der Waals surface area contributed by atoms with E-state index in [1.54, 1.807) is 18.3 Å². The Morgan fingerprint density at radius 3 is 2.56 bits per heavy atom. The summed E-state index contributed by atoms with van der Waals surface area (Å²) < 4.78 is 0. The zero-order valence-electron chi connectivity index (χ0n) is 14.0. The third kappa shape index (κ3) is 4.72. The van der Waals surface area contributed by atoms with E-state index in [2.05, 4.69) is 31.1 Å². The fraction of sp³-hybridized carbons (Fsp3) is 0.0588. The van der Waals surface area contributed by atoms with Gasteiger partial charge in [0.25, 0.3) is 0 Å². The molecule has 2 heterocycles. The lowest BCUT2D eigenvalue weighted by atomic mass is 10.1. The average Bonchev–Trinajstić information content (AvgIpc) is 2.68. The van der Waals surface area contributed by atoms with Gasteiger partial charge in [-0.15, -0.1) is 0 Å². The standard InChI is InChI=1S/C17H15N7O3/c25-14(9-12-5-2-1-3-6-12)22-23-17-15(24(26)27)16(19-11-20-17)21-13-7-4-8-18-10-13/h1-8,10-11H,9H2,(H,22,25)(H2,19,20,21,23). The van der Waals surface area contributed by atoms with Crippen molar-refractivity contribution in [1.29, 1.82) is 0 Å². The number of benzene rings is 1. The van der Waals surface area contributed by atoms with Crippen LogP contribution < -0.4 is 16.2 Å². The Hall–Kier alpha value is -4.08. The number of anilines is 3. The fourth-order valence-corrected chi connectivity index (χ4v) is 2.26. The summed E-state index contributed by atoms with van der Waals surface area (Å²) in [5.74, 6) is -0.526. The second-order valence-corrected chi connectivity index (χ2v) is 5.38. The zero-order chi connectivity index (χ0) is 19.1. The Kier molecular flexibility index (Phi) is 5.48. The molecule has 0 aliphatic rings. The number of hydrogen-bond acceptors (Lipinski definition) is 8. The van der Waals surface area contributed by atoms with E-state index in [9.17, 15) is 14.9 Å². The Balaban J connectivity index is 1.74. The highest BCUT2D eigenvalue weighted by Crippen LogP contribution is 2.30.